The fourth-order valence-electron chi connectivity index (χ4n) is 3.14. The van der Waals surface area contributed by atoms with E-state index in [-0.39, 0.29) is 12.2 Å². The Labute approximate surface area is 183 Å². The van der Waals surface area contributed by atoms with Crippen LogP contribution >= 0.6 is 0 Å². The van der Waals surface area contributed by atoms with Crippen molar-refractivity contribution in [3.63, 3.8) is 0 Å². The lowest BCUT2D eigenvalue weighted by molar-refractivity contribution is 0.0528. The molecule has 32 heavy (non-hydrogen) atoms. The SMILES string of the molecule is CCOC(=O)c1cnn2c(-c3cccc(NC(=O)Nc4ccc(C#N)cc4)c3)ccnc12. The van der Waals surface area contributed by atoms with E-state index in [9.17, 15) is 9.59 Å². The number of benzene rings is 2. The third-order valence-corrected chi connectivity index (χ3v) is 4.58. The molecule has 2 aromatic carbocycles. The van der Waals surface area contributed by atoms with Gasteiger partial charge in [-0.05, 0) is 49.4 Å². The van der Waals surface area contributed by atoms with Crippen LogP contribution in [0.15, 0.2) is 67.0 Å². The van der Waals surface area contributed by atoms with Crippen LogP contribution in [0, 0.1) is 11.3 Å². The fourth-order valence-corrected chi connectivity index (χ4v) is 3.14. The summed E-state index contributed by atoms with van der Waals surface area (Å²) in [4.78, 5) is 28.8. The molecular weight excluding hydrogens is 408 g/mol. The van der Waals surface area contributed by atoms with E-state index in [1.165, 1.54) is 6.20 Å². The van der Waals surface area contributed by atoms with Gasteiger partial charge in [0.15, 0.2) is 5.65 Å². The van der Waals surface area contributed by atoms with Crippen molar-refractivity contribution in [1.82, 2.24) is 14.6 Å². The quantitative estimate of drug-likeness (QED) is 0.464. The first-order chi connectivity index (χ1) is 15.6. The molecule has 2 heterocycles. The molecule has 0 saturated heterocycles. The molecule has 158 valence electrons. The maximum atomic E-state index is 12.4. The van der Waals surface area contributed by atoms with Crippen LogP contribution in [0.2, 0.25) is 0 Å². The third-order valence-electron chi connectivity index (χ3n) is 4.58. The van der Waals surface area contributed by atoms with Crippen LogP contribution in [-0.4, -0.2) is 33.2 Å². The van der Waals surface area contributed by atoms with Crippen molar-refractivity contribution in [2.24, 2.45) is 0 Å². The molecule has 0 aliphatic rings. The van der Waals surface area contributed by atoms with Gasteiger partial charge < -0.3 is 15.4 Å². The van der Waals surface area contributed by atoms with Crippen LogP contribution in [0.25, 0.3) is 16.9 Å². The summed E-state index contributed by atoms with van der Waals surface area (Å²) >= 11 is 0. The highest BCUT2D eigenvalue weighted by atomic mass is 16.5. The molecule has 0 spiro atoms. The molecule has 0 radical (unpaired) electrons. The topological polar surface area (TPSA) is 121 Å². The van der Waals surface area contributed by atoms with Crippen LogP contribution in [0.5, 0.6) is 0 Å². The van der Waals surface area contributed by atoms with Gasteiger partial charge in [0.05, 0.1) is 30.1 Å². The van der Waals surface area contributed by atoms with Crippen molar-refractivity contribution in [3.05, 3.63) is 78.1 Å². The summed E-state index contributed by atoms with van der Waals surface area (Å²) in [6.07, 6.45) is 3.02. The first-order valence-electron chi connectivity index (χ1n) is 9.77. The highest BCUT2D eigenvalue weighted by Crippen LogP contribution is 2.24. The number of anilines is 2. The van der Waals surface area contributed by atoms with E-state index in [4.69, 9.17) is 10.00 Å². The van der Waals surface area contributed by atoms with Gasteiger partial charge in [-0.25, -0.2) is 19.1 Å². The highest BCUT2D eigenvalue weighted by molar-refractivity contribution is 6.00. The number of esters is 1. The summed E-state index contributed by atoms with van der Waals surface area (Å²) in [6, 6.07) is 17.1. The lowest BCUT2D eigenvalue weighted by atomic mass is 10.1. The number of carbonyl (C=O) groups excluding carboxylic acids is 2. The number of aromatic nitrogens is 3. The largest absolute Gasteiger partial charge is 0.462 e. The van der Waals surface area contributed by atoms with Crippen LogP contribution < -0.4 is 10.6 Å². The lowest BCUT2D eigenvalue weighted by Crippen LogP contribution is -2.19. The first-order valence-corrected chi connectivity index (χ1v) is 9.77. The summed E-state index contributed by atoms with van der Waals surface area (Å²) < 4.78 is 6.62. The minimum absolute atomic E-state index is 0.258. The van der Waals surface area contributed by atoms with Crippen LogP contribution in [0.3, 0.4) is 0 Å². The van der Waals surface area contributed by atoms with E-state index in [0.717, 1.165) is 5.56 Å². The van der Waals surface area contributed by atoms with E-state index in [0.29, 0.717) is 28.3 Å². The Morgan fingerprint density at radius 1 is 1.09 bits per heavy atom. The average molecular weight is 426 g/mol. The number of hydrogen-bond acceptors (Lipinski definition) is 6. The van der Waals surface area contributed by atoms with E-state index < -0.39 is 12.0 Å². The van der Waals surface area contributed by atoms with Crippen LogP contribution in [0.4, 0.5) is 16.2 Å². The van der Waals surface area contributed by atoms with Crippen molar-refractivity contribution in [2.45, 2.75) is 6.92 Å². The molecule has 9 heteroatoms. The Kier molecular flexibility index (Phi) is 5.76. The highest BCUT2D eigenvalue weighted by Gasteiger charge is 2.17. The molecule has 4 aromatic rings. The monoisotopic (exact) mass is 426 g/mol. The zero-order valence-corrected chi connectivity index (χ0v) is 17.1. The van der Waals surface area contributed by atoms with E-state index in [1.54, 1.807) is 66.2 Å². The number of nitrogens with zero attached hydrogens (tertiary/aromatic N) is 4. The average Bonchev–Trinajstić information content (AvgIpc) is 3.24. The minimum atomic E-state index is -0.484. The minimum Gasteiger partial charge on any atom is -0.462 e. The first kappa shape index (κ1) is 20.6. The number of nitrogens with one attached hydrogen (secondary N) is 2. The Bertz CT molecular complexity index is 1340. The third kappa shape index (κ3) is 4.24. The Hall–Kier alpha value is -4.71. The lowest BCUT2D eigenvalue weighted by Gasteiger charge is -2.10. The summed E-state index contributed by atoms with van der Waals surface area (Å²) in [5, 5.41) is 18.7. The predicted molar refractivity (Wildman–Crippen MR) is 118 cm³/mol. The van der Waals surface area contributed by atoms with Crippen molar-refractivity contribution in [1.29, 1.82) is 5.26 Å². The zero-order valence-electron chi connectivity index (χ0n) is 17.1. The second-order valence-corrected chi connectivity index (χ2v) is 6.69. The molecule has 0 fully saturated rings. The molecule has 0 saturated carbocycles. The van der Waals surface area contributed by atoms with E-state index in [1.807, 2.05) is 12.1 Å². The van der Waals surface area contributed by atoms with Gasteiger partial charge in [-0.1, -0.05) is 12.1 Å². The Morgan fingerprint density at radius 3 is 2.62 bits per heavy atom. The Morgan fingerprint density at radius 2 is 1.88 bits per heavy atom. The normalized spacial score (nSPS) is 10.4. The maximum absolute atomic E-state index is 12.4. The summed E-state index contributed by atoms with van der Waals surface area (Å²) in [7, 11) is 0. The van der Waals surface area contributed by atoms with E-state index >= 15 is 0 Å². The molecule has 4 rings (SSSR count). The number of fused-ring (bicyclic) bond motifs is 1. The van der Waals surface area contributed by atoms with Crippen molar-refractivity contribution >= 4 is 29.0 Å². The van der Waals surface area contributed by atoms with Gasteiger partial charge in [0.1, 0.15) is 5.56 Å². The van der Waals surface area contributed by atoms with Gasteiger partial charge in [-0.3, -0.25) is 0 Å². The van der Waals surface area contributed by atoms with Gasteiger partial charge >= 0.3 is 12.0 Å². The van der Waals surface area contributed by atoms with Gasteiger partial charge in [0.25, 0.3) is 0 Å². The van der Waals surface area contributed by atoms with Crippen LogP contribution in [-0.2, 0) is 4.74 Å². The zero-order chi connectivity index (χ0) is 22.5. The number of urea groups is 1. The fraction of sp³-hybridized carbons (Fsp3) is 0.0870. The number of nitriles is 1. The molecule has 0 unspecified atom stereocenters. The molecular formula is C23H18N6O3. The van der Waals surface area contributed by atoms with Crippen molar-refractivity contribution in [3.8, 4) is 17.3 Å². The number of hydrogen-bond donors (Lipinski definition) is 2. The maximum Gasteiger partial charge on any atom is 0.343 e. The second kappa shape index (κ2) is 8.97. The summed E-state index contributed by atoms with van der Waals surface area (Å²) in [5.41, 5.74) is 3.78. The second-order valence-electron chi connectivity index (χ2n) is 6.69. The predicted octanol–water partition coefficient (Wildman–Crippen LogP) is 4.09. The van der Waals surface area contributed by atoms with E-state index in [2.05, 4.69) is 20.7 Å². The summed E-state index contributed by atoms with van der Waals surface area (Å²) in [5.74, 6) is -0.484. The molecule has 9 nitrogen and oxygen atoms in total. The molecule has 0 aliphatic carbocycles. The van der Waals surface area contributed by atoms with Gasteiger partial charge in [-0.2, -0.15) is 10.4 Å². The molecule has 0 bridgehead atoms. The number of rotatable bonds is 5. The van der Waals surface area contributed by atoms with Gasteiger partial charge in [0, 0.05) is 23.1 Å². The van der Waals surface area contributed by atoms with Crippen LogP contribution in [0.1, 0.15) is 22.8 Å². The van der Waals surface area contributed by atoms with Crippen molar-refractivity contribution < 1.29 is 14.3 Å². The number of amides is 2. The number of carbonyl (C=O) groups is 2. The smallest absolute Gasteiger partial charge is 0.343 e. The molecule has 0 aliphatic heterocycles. The standard InChI is InChI=1S/C23H18N6O3/c1-2-32-22(30)19-14-26-29-20(10-11-25-21(19)29)16-4-3-5-18(12-16)28-23(31)27-17-8-6-15(13-24)7-9-17/h3-12,14H,2H2,1H3,(H2,27,28,31). The van der Waals surface area contributed by atoms with Crippen molar-refractivity contribution in [2.75, 3.05) is 17.2 Å². The Balaban J connectivity index is 1.56. The molecule has 2 N–H and O–H groups in total. The molecule has 0 atom stereocenters. The molecule has 2 aromatic heterocycles. The molecule has 2 amide bonds. The van der Waals surface area contributed by atoms with Gasteiger partial charge in [-0.15, -0.1) is 0 Å². The number of ether oxygens (including phenoxy) is 1. The summed E-state index contributed by atoms with van der Waals surface area (Å²) in [6.45, 7) is 1.99. The van der Waals surface area contributed by atoms with Gasteiger partial charge in [0.2, 0.25) is 0 Å².